The van der Waals surface area contributed by atoms with Crippen molar-refractivity contribution in [2.75, 3.05) is 11.4 Å². The summed E-state index contributed by atoms with van der Waals surface area (Å²) in [6, 6.07) is -0.189. The maximum atomic E-state index is 11.2. The van der Waals surface area contributed by atoms with Crippen molar-refractivity contribution in [1.29, 1.82) is 0 Å². The number of urea groups is 1. The summed E-state index contributed by atoms with van der Waals surface area (Å²) in [6.07, 6.45) is 4.97. The monoisotopic (exact) mass is 165 g/mol. The Morgan fingerprint density at radius 1 is 1.58 bits per heavy atom. The van der Waals surface area contributed by atoms with E-state index in [9.17, 15) is 4.79 Å². The molecule has 1 aliphatic heterocycles. The highest BCUT2D eigenvalue weighted by Gasteiger charge is 2.16. The number of aromatic nitrogens is 3. The Labute approximate surface area is 68.3 Å². The summed E-state index contributed by atoms with van der Waals surface area (Å²) < 4.78 is 0. The van der Waals surface area contributed by atoms with Crippen LogP contribution in [-0.2, 0) is 0 Å². The molecule has 0 saturated carbocycles. The quantitative estimate of drug-likeness (QED) is 0.607. The number of hydrogen-bond donors (Lipinski definition) is 2. The van der Waals surface area contributed by atoms with Crippen LogP contribution in [0.2, 0.25) is 0 Å². The summed E-state index contributed by atoms with van der Waals surface area (Å²) in [5.74, 6) is 0.489. The normalized spacial score (nSPS) is 16.3. The molecule has 0 aliphatic carbocycles. The maximum Gasteiger partial charge on any atom is 0.327 e. The predicted octanol–water partition coefficient (Wildman–Crippen LogP) is -0.152. The average Bonchev–Trinajstić information content (AvgIpc) is 2.57. The minimum Gasteiger partial charge on any atom is -0.334 e. The zero-order chi connectivity index (χ0) is 8.39. The molecule has 0 aromatic carbocycles. The van der Waals surface area contributed by atoms with E-state index in [-0.39, 0.29) is 6.03 Å². The molecule has 2 rings (SSSR count). The topological polar surface area (TPSA) is 73.9 Å². The van der Waals surface area contributed by atoms with Gasteiger partial charge in [-0.15, -0.1) is 5.10 Å². The molecule has 12 heavy (non-hydrogen) atoms. The Bertz CT molecular complexity index is 304. The van der Waals surface area contributed by atoms with Crippen molar-refractivity contribution in [2.45, 2.75) is 0 Å². The fraction of sp³-hybridized carbons (Fsp3) is 0.167. The van der Waals surface area contributed by atoms with Crippen molar-refractivity contribution >= 4 is 11.8 Å². The van der Waals surface area contributed by atoms with E-state index in [0.29, 0.717) is 12.4 Å². The van der Waals surface area contributed by atoms with Crippen LogP contribution in [0.1, 0.15) is 0 Å². The molecule has 0 atom stereocenters. The van der Waals surface area contributed by atoms with E-state index in [1.165, 1.54) is 11.1 Å². The van der Waals surface area contributed by atoms with E-state index in [4.69, 9.17) is 0 Å². The number of carbonyl (C=O) groups is 1. The van der Waals surface area contributed by atoms with Gasteiger partial charge in [0.1, 0.15) is 0 Å². The van der Waals surface area contributed by atoms with Gasteiger partial charge in [-0.1, -0.05) is 0 Å². The highest BCUT2D eigenvalue weighted by molar-refractivity contribution is 5.93. The Kier molecular flexibility index (Phi) is 1.51. The molecule has 0 fully saturated rings. The van der Waals surface area contributed by atoms with Gasteiger partial charge in [-0.2, -0.15) is 10.3 Å². The summed E-state index contributed by atoms with van der Waals surface area (Å²) in [4.78, 5) is 12.6. The van der Waals surface area contributed by atoms with Gasteiger partial charge in [0, 0.05) is 12.7 Å². The minimum absolute atomic E-state index is 0.189. The van der Waals surface area contributed by atoms with Crippen molar-refractivity contribution in [3.8, 4) is 0 Å². The zero-order valence-corrected chi connectivity index (χ0v) is 6.19. The Hall–Kier alpha value is -1.85. The fourth-order valence-electron chi connectivity index (χ4n) is 0.949. The molecule has 0 radical (unpaired) electrons. The summed E-state index contributed by atoms with van der Waals surface area (Å²) in [6.45, 7) is 0.563. The standard InChI is InChI=1S/C6H7N5O/c12-6-7-2-1-3-11(6)5-4-8-10-9-5/h1,3-4H,2H2,(H,7,12)(H,8,9,10). The number of rotatable bonds is 1. The smallest absolute Gasteiger partial charge is 0.327 e. The zero-order valence-electron chi connectivity index (χ0n) is 6.19. The Balaban J connectivity index is 2.28. The lowest BCUT2D eigenvalue weighted by atomic mass is 10.4. The van der Waals surface area contributed by atoms with Gasteiger partial charge in [0.05, 0.1) is 6.20 Å². The molecule has 2 amide bonds. The molecule has 1 aromatic heterocycles. The number of carbonyl (C=O) groups excluding carboxylic acids is 1. The highest BCUT2D eigenvalue weighted by atomic mass is 16.2. The van der Waals surface area contributed by atoms with Crippen molar-refractivity contribution in [3.05, 3.63) is 18.5 Å². The third-order valence-electron chi connectivity index (χ3n) is 1.49. The maximum absolute atomic E-state index is 11.2. The third-order valence-corrected chi connectivity index (χ3v) is 1.49. The first-order valence-corrected chi connectivity index (χ1v) is 3.47. The van der Waals surface area contributed by atoms with E-state index < -0.39 is 0 Å². The summed E-state index contributed by atoms with van der Waals surface area (Å²) in [5.41, 5.74) is 0. The van der Waals surface area contributed by atoms with Crippen LogP contribution in [-0.4, -0.2) is 28.0 Å². The number of hydrogen-bond acceptors (Lipinski definition) is 3. The second-order valence-corrected chi connectivity index (χ2v) is 2.27. The first kappa shape index (κ1) is 6.84. The molecule has 6 heteroatoms. The lowest BCUT2D eigenvalue weighted by molar-refractivity contribution is 0.248. The van der Waals surface area contributed by atoms with Crippen LogP contribution in [0.15, 0.2) is 18.5 Å². The van der Waals surface area contributed by atoms with Crippen LogP contribution < -0.4 is 10.2 Å². The van der Waals surface area contributed by atoms with Gasteiger partial charge in [-0.3, -0.25) is 4.90 Å². The van der Waals surface area contributed by atoms with E-state index in [1.807, 2.05) is 6.08 Å². The molecule has 2 heterocycles. The van der Waals surface area contributed by atoms with E-state index in [1.54, 1.807) is 6.20 Å². The predicted molar refractivity (Wildman–Crippen MR) is 41.4 cm³/mol. The van der Waals surface area contributed by atoms with Crippen LogP contribution in [0, 0.1) is 0 Å². The van der Waals surface area contributed by atoms with Crippen molar-refractivity contribution < 1.29 is 4.79 Å². The molecule has 1 aliphatic rings. The number of aromatic amines is 1. The second-order valence-electron chi connectivity index (χ2n) is 2.27. The average molecular weight is 165 g/mol. The van der Waals surface area contributed by atoms with Gasteiger partial charge < -0.3 is 5.32 Å². The van der Waals surface area contributed by atoms with Crippen LogP contribution in [0.5, 0.6) is 0 Å². The van der Waals surface area contributed by atoms with Crippen molar-refractivity contribution in [1.82, 2.24) is 20.7 Å². The second kappa shape index (κ2) is 2.65. The molecule has 1 aromatic rings. The molecule has 0 unspecified atom stereocenters. The molecular formula is C6H7N5O. The lowest BCUT2D eigenvalue weighted by Crippen LogP contribution is -2.40. The van der Waals surface area contributed by atoms with Gasteiger partial charge in [-0.25, -0.2) is 4.79 Å². The largest absolute Gasteiger partial charge is 0.334 e. The Morgan fingerprint density at radius 2 is 2.50 bits per heavy atom. The van der Waals surface area contributed by atoms with Crippen LogP contribution in [0.4, 0.5) is 10.6 Å². The van der Waals surface area contributed by atoms with Crippen molar-refractivity contribution in [2.24, 2.45) is 0 Å². The van der Waals surface area contributed by atoms with Crippen LogP contribution >= 0.6 is 0 Å². The van der Waals surface area contributed by atoms with Crippen LogP contribution in [0.3, 0.4) is 0 Å². The third kappa shape index (κ3) is 1.03. The SMILES string of the molecule is O=C1NCC=CN1c1cn[nH]n1. The summed E-state index contributed by atoms with van der Waals surface area (Å²) in [7, 11) is 0. The van der Waals surface area contributed by atoms with Gasteiger partial charge in [0.25, 0.3) is 0 Å². The summed E-state index contributed by atoms with van der Waals surface area (Å²) in [5, 5.41) is 12.4. The van der Waals surface area contributed by atoms with Gasteiger partial charge in [0.15, 0.2) is 5.82 Å². The molecule has 2 N–H and O–H groups in total. The van der Waals surface area contributed by atoms with Gasteiger partial charge in [-0.05, 0) is 6.08 Å². The van der Waals surface area contributed by atoms with Crippen LogP contribution in [0.25, 0.3) is 0 Å². The fourth-order valence-corrected chi connectivity index (χ4v) is 0.949. The molecule has 62 valence electrons. The number of anilines is 1. The first-order valence-electron chi connectivity index (χ1n) is 3.47. The molecule has 0 bridgehead atoms. The van der Waals surface area contributed by atoms with E-state index >= 15 is 0 Å². The Morgan fingerprint density at radius 3 is 3.17 bits per heavy atom. The minimum atomic E-state index is -0.189. The van der Waals surface area contributed by atoms with E-state index in [0.717, 1.165) is 0 Å². The molecule has 6 nitrogen and oxygen atoms in total. The van der Waals surface area contributed by atoms with Gasteiger partial charge in [0.2, 0.25) is 0 Å². The summed E-state index contributed by atoms with van der Waals surface area (Å²) >= 11 is 0. The number of nitrogens with one attached hydrogen (secondary N) is 2. The molecular weight excluding hydrogens is 158 g/mol. The molecule has 0 saturated heterocycles. The molecule has 0 spiro atoms. The lowest BCUT2D eigenvalue weighted by Gasteiger charge is -2.18. The number of H-pyrrole nitrogens is 1. The van der Waals surface area contributed by atoms with E-state index in [2.05, 4.69) is 20.7 Å². The van der Waals surface area contributed by atoms with Crippen molar-refractivity contribution in [3.63, 3.8) is 0 Å². The van der Waals surface area contributed by atoms with Gasteiger partial charge >= 0.3 is 6.03 Å². The number of amides is 2. The number of nitrogens with zero attached hydrogens (tertiary/aromatic N) is 3. The highest BCUT2D eigenvalue weighted by Crippen LogP contribution is 2.09. The first-order chi connectivity index (χ1) is 5.88.